The first-order valence-corrected chi connectivity index (χ1v) is 10.0. The highest BCUT2D eigenvalue weighted by molar-refractivity contribution is 7.12. The lowest BCUT2D eigenvalue weighted by atomic mass is 10.0. The lowest BCUT2D eigenvalue weighted by Crippen LogP contribution is -2.44. The zero-order valence-corrected chi connectivity index (χ0v) is 16.1. The highest BCUT2D eigenvalue weighted by Crippen LogP contribution is 2.25. The molecule has 0 saturated heterocycles. The molecule has 1 atom stereocenters. The normalized spacial score (nSPS) is 19.3. The summed E-state index contributed by atoms with van der Waals surface area (Å²) in [6, 6.07) is 3.89. The van der Waals surface area contributed by atoms with Crippen molar-refractivity contribution in [3.05, 3.63) is 49.8 Å². The smallest absolute Gasteiger partial charge is 0.264 e. The molecular weight excluding hydrogens is 348 g/mol. The SMILES string of the molecule is CN(C)CC1CCCc2nc3c(c(=O)n21)CN(C(=O)c1cccs1)CC3. The number of amides is 1. The summed E-state index contributed by atoms with van der Waals surface area (Å²) in [6.45, 7) is 1.83. The Hall–Kier alpha value is -1.99. The molecule has 138 valence electrons. The molecule has 4 rings (SSSR count). The number of carbonyl (C=O) groups is 1. The van der Waals surface area contributed by atoms with E-state index in [0.29, 0.717) is 25.1 Å². The minimum absolute atomic E-state index is 0.0117. The fourth-order valence-corrected chi connectivity index (χ4v) is 4.73. The number of carbonyl (C=O) groups excluding carboxylic acids is 1. The van der Waals surface area contributed by atoms with Crippen LogP contribution in [0.1, 0.15) is 45.6 Å². The molecule has 0 spiro atoms. The number of aromatic nitrogens is 2. The zero-order valence-electron chi connectivity index (χ0n) is 15.3. The molecule has 0 aromatic carbocycles. The first-order valence-electron chi connectivity index (χ1n) is 9.15. The minimum Gasteiger partial charge on any atom is -0.333 e. The highest BCUT2D eigenvalue weighted by Gasteiger charge is 2.30. The van der Waals surface area contributed by atoms with Crippen molar-refractivity contribution in [2.75, 3.05) is 27.2 Å². The van der Waals surface area contributed by atoms with Gasteiger partial charge >= 0.3 is 0 Å². The lowest BCUT2D eigenvalue weighted by molar-refractivity contribution is 0.0736. The molecule has 2 aliphatic heterocycles. The van der Waals surface area contributed by atoms with E-state index in [0.717, 1.165) is 42.2 Å². The fourth-order valence-electron chi connectivity index (χ4n) is 4.04. The molecule has 0 aliphatic carbocycles. The molecule has 26 heavy (non-hydrogen) atoms. The quantitative estimate of drug-likeness (QED) is 0.826. The third-order valence-electron chi connectivity index (χ3n) is 5.23. The van der Waals surface area contributed by atoms with Crippen LogP contribution in [0.5, 0.6) is 0 Å². The van der Waals surface area contributed by atoms with Gasteiger partial charge in [0.05, 0.1) is 28.7 Å². The summed E-state index contributed by atoms with van der Waals surface area (Å²) in [5.74, 6) is 0.933. The Morgan fingerprint density at radius 3 is 2.96 bits per heavy atom. The Balaban J connectivity index is 1.68. The van der Waals surface area contributed by atoms with Crippen LogP contribution in [0.3, 0.4) is 0 Å². The van der Waals surface area contributed by atoms with Gasteiger partial charge in [-0.05, 0) is 38.4 Å². The summed E-state index contributed by atoms with van der Waals surface area (Å²) < 4.78 is 1.90. The monoisotopic (exact) mass is 372 g/mol. The van der Waals surface area contributed by atoms with Gasteiger partial charge in [-0.1, -0.05) is 6.07 Å². The van der Waals surface area contributed by atoms with Gasteiger partial charge in [-0.15, -0.1) is 11.3 Å². The number of rotatable bonds is 3. The Morgan fingerprint density at radius 1 is 1.38 bits per heavy atom. The number of thiophene rings is 1. The highest BCUT2D eigenvalue weighted by atomic mass is 32.1. The van der Waals surface area contributed by atoms with Crippen LogP contribution in [0, 0.1) is 0 Å². The van der Waals surface area contributed by atoms with Crippen molar-refractivity contribution in [1.82, 2.24) is 19.4 Å². The van der Waals surface area contributed by atoms with Crippen molar-refractivity contribution in [3.8, 4) is 0 Å². The summed E-state index contributed by atoms with van der Waals surface area (Å²) in [4.78, 5) is 35.4. The lowest BCUT2D eigenvalue weighted by Gasteiger charge is -2.33. The van der Waals surface area contributed by atoms with Gasteiger partial charge in [0.25, 0.3) is 11.5 Å². The Labute approximate surface area is 157 Å². The second-order valence-electron chi connectivity index (χ2n) is 7.39. The van der Waals surface area contributed by atoms with Crippen molar-refractivity contribution < 1.29 is 4.79 Å². The maximum absolute atomic E-state index is 13.3. The standard InChI is InChI=1S/C19H24N4O2S/c1-21(2)11-13-5-3-7-17-20-15-8-9-22(12-14(15)18(24)23(13)17)19(25)16-6-4-10-26-16/h4,6,10,13H,3,5,7-9,11-12H2,1-2H3. The van der Waals surface area contributed by atoms with E-state index < -0.39 is 0 Å². The zero-order chi connectivity index (χ0) is 18.3. The van der Waals surface area contributed by atoms with Gasteiger partial charge in [0, 0.05) is 25.9 Å². The number of likely N-dealkylation sites (N-methyl/N-ethyl adjacent to an activating group) is 1. The minimum atomic E-state index is 0.0117. The van der Waals surface area contributed by atoms with Crippen LogP contribution in [0.25, 0.3) is 0 Å². The fraction of sp³-hybridized carbons (Fsp3) is 0.526. The van der Waals surface area contributed by atoms with E-state index in [-0.39, 0.29) is 17.5 Å². The molecule has 6 nitrogen and oxygen atoms in total. The van der Waals surface area contributed by atoms with Gasteiger partial charge in [0.2, 0.25) is 0 Å². The molecule has 7 heteroatoms. The first-order chi connectivity index (χ1) is 12.5. The summed E-state index contributed by atoms with van der Waals surface area (Å²) in [5, 5.41) is 1.91. The molecule has 0 saturated carbocycles. The number of hydrogen-bond acceptors (Lipinski definition) is 5. The van der Waals surface area contributed by atoms with Crippen LogP contribution < -0.4 is 5.56 Å². The number of hydrogen-bond donors (Lipinski definition) is 0. The van der Waals surface area contributed by atoms with E-state index in [2.05, 4.69) is 4.90 Å². The summed E-state index contributed by atoms with van der Waals surface area (Å²) in [5.41, 5.74) is 1.65. The van der Waals surface area contributed by atoms with Crippen LogP contribution in [0.15, 0.2) is 22.3 Å². The molecule has 0 fully saturated rings. The van der Waals surface area contributed by atoms with Gasteiger partial charge in [0.1, 0.15) is 5.82 Å². The molecule has 0 radical (unpaired) electrons. The molecular formula is C19H24N4O2S. The second-order valence-corrected chi connectivity index (χ2v) is 8.34. The average Bonchev–Trinajstić information content (AvgIpc) is 3.15. The van der Waals surface area contributed by atoms with Gasteiger partial charge in [-0.3, -0.25) is 14.2 Å². The molecule has 0 bridgehead atoms. The third kappa shape index (κ3) is 3.10. The van der Waals surface area contributed by atoms with Gasteiger partial charge in [0.15, 0.2) is 0 Å². The number of fused-ring (bicyclic) bond motifs is 2. The summed E-state index contributed by atoms with van der Waals surface area (Å²) in [6.07, 6.45) is 3.61. The predicted octanol–water partition coefficient (Wildman–Crippen LogP) is 1.94. The molecule has 2 aromatic heterocycles. The van der Waals surface area contributed by atoms with Crippen molar-refractivity contribution >= 4 is 17.2 Å². The van der Waals surface area contributed by atoms with E-state index in [1.54, 1.807) is 4.90 Å². The number of nitrogens with zero attached hydrogens (tertiary/aromatic N) is 4. The molecule has 4 heterocycles. The average molecular weight is 372 g/mol. The van der Waals surface area contributed by atoms with Crippen LogP contribution in [0.4, 0.5) is 0 Å². The topological polar surface area (TPSA) is 58.4 Å². The molecule has 0 N–H and O–H groups in total. The van der Waals surface area contributed by atoms with Crippen molar-refractivity contribution in [2.45, 2.75) is 38.3 Å². The molecule has 2 aliphatic rings. The Bertz CT molecular complexity index is 872. The largest absolute Gasteiger partial charge is 0.333 e. The van der Waals surface area contributed by atoms with Crippen molar-refractivity contribution in [3.63, 3.8) is 0 Å². The Morgan fingerprint density at radius 2 is 2.23 bits per heavy atom. The molecule has 1 amide bonds. The predicted molar refractivity (Wildman–Crippen MR) is 102 cm³/mol. The van der Waals surface area contributed by atoms with E-state index >= 15 is 0 Å². The number of aryl methyl sites for hydroxylation is 1. The second kappa shape index (κ2) is 6.96. The third-order valence-corrected chi connectivity index (χ3v) is 6.09. The Kier molecular flexibility index (Phi) is 4.67. The molecule has 2 aromatic rings. The van der Waals surface area contributed by atoms with E-state index in [1.165, 1.54) is 11.3 Å². The van der Waals surface area contributed by atoms with Crippen molar-refractivity contribution in [2.24, 2.45) is 0 Å². The van der Waals surface area contributed by atoms with E-state index in [9.17, 15) is 9.59 Å². The first kappa shape index (κ1) is 17.4. The van der Waals surface area contributed by atoms with Crippen molar-refractivity contribution in [1.29, 1.82) is 0 Å². The summed E-state index contributed by atoms with van der Waals surface area (Å²) >= 11 is 1.44. The van der Waals surface area contributed by atoms with E-state index in [1.807, 2.05) is 36.2 Å². The van der Waals surface area contributed by atoms with Crippen LogP contribution in [0.2, 0.25) is 0 Å². The van der Waals surface area contributed by atoms with Crippen LogP contribution in [-0.2, 0) is 19.4 Å². The maximum atomic E-state index is 13.3. The van der Waals surface area contributed by atoms with Crippen LogP contribution >= 0.6 is 11.3 Å². The summed E-state index contributed by atoms with van der Waals surface area (Å²) in [7, 11) is 4.07. The van der Waals surface area contributed by atoms with Gasteiger partial charge in [-0.25, -0.2) is 4.98 Å². The maximum Gasteiger partial charge on any atom is 0.264 e. The molecule has 1 unspecified atom stereocenters. The van der Waals surface area contributed by atoms with E-state index in [4.69, 9.17) is 4.98 Å². The van der Waals surface area contributed by atoms with Crippen LogP contribution in [-0.4, -0.2) is 52.4 Å². The van der Waals surface area contributed by atoms with Gasteiger partial charge in [-0.2, -0.15) is 0 Å². The van der Waals surface area contributed by atoms with Gasteiger partial charge < -0.3 is 9.80 Å².